The molecule has 0 radical (unpaired) electrons. The molecule has 10 aromatic rings. The second-order valence-corrected chi connectivity index (χ2v) is 14.6. The molecule has 4 nitrogen and oxygen atoms in total. The molecule has 0 unspecified atom stereocenters. The topological polar surface area (TPSA) is 44.7 Å². The third-order valence-electron chi connectivity index (χ3n) is 9.54. The van der Waals surface area contributed by atoms with Crippen LogP contribution in [0, 0.1) is 0 Å². The number of methoxy groups -OCH3 is 2. The SMILES string of the molecule is COc1ccc2oc(-c3ccc(-c4ccc5c(c4)sc4c6ccc(-c7ccc(-c8cc9cc(OC)ccc9o8)cc7)cc6sc54)cc3)cc2c1. The third-order valence-corrected chi connectivity index (χ3v) is 12.0. The minimum absolute atomic E-state index is 0.825. The van der Waals surface area contributed by atoms with Crippen LogP contribution in [0.3, 0.4) is 0 Å². The Morgan fingerprint density at radius 3 is 1.22 bits per heavy atom. The zero-order chi connectivity index (χ0) is 33.3. The van der Waals surface area contributed by atoms with Crippen molar-refractivity contribution in [3.8, 4) is 56.4 Å². The Balaban J connectivity index is 0.922. The van der Waals surface area contributed by atoms with E-state index in [1.807, 2.05) is 59.1 Å². The Morgan fingerprint density at radius 2 is 0.800 bits per heavy atom. The highest BCUT2D eigenvalue weighted by molar-refractivity contribution is 7.36. The second kappa shape index (κ2) is 11.4. The first-order valence-electron chi connectivity index (χ1n) is 16.4. The Morgan fingerprint density at radius 1 is 0.400 bits per heavy atom. The van der Waals surface area contributed by atoms with E-state index in [0.29, 0.717) is 0 Å². The normalized spacial score (nSPS) is 11.8. The van der Waals surface area contributed by atoms with Gasteiger partial charge in [0.1, 0.15) is 34.2 Å². The summed E-state index contributed by atoms with van der Waals surface area (Å²) >= 11 is 3.77. The molecular formula is C44H28O4S2. The molecule has 0 spiro atoms. The molecule has 0 saturated heterocycles. The summed E-state index contributed by atoms with van der Waals surface area (Å²) in [5.41, 5.74) is 8.61. The fourth-order valence-electron chi connectivity index (χ4n) is 6.85. The van der Waals surface area contributed by atoms with Crippen molar-refractivity contribution in [2.45, 2.75) is 0 Å². The molecule has 0 N–H and O–H groups in total. The number of thiophene rings is 2. The van der Waals surface area contributed by atoms with Crippen LogP contribution in [0.1, 0.15) is 0 Å². The molecule has 0 atom stereocenters. The lowest BCUT2D eigenvalue weighted by molar-refractivity contribution is 0.415. The highest BCUT2D eigenvalue weighted by atomic mass is 32.1. The number of hydrogen-bond donors (Lipinski definition) is 0. The van der Waals surface area contributed by atoms with Crippen molar-refractivity contribution >= 4 is 74.2 Å². The molecule has 0 saturated carbocycles. The first-order valence-corrected chi connectivity index (χ1v) is 18.0. The van der Waals surface area contributed by atoms with Crippen LogP contribution in [0.25, 0.3) is 96.4 Å². The smallest absolute Gasteiger partial charge is 0.135 e. The molecule has 0 fully saturated rings. The average molecular weight is 685 g/mol. The molecule has 0 amide bonds. The highest BCUT2D eigenvalue weighted by Crippen LogP contribution is 2.46. The number of rotatable bonds is 6. The lowest BCUT2D eigenvalue weighted by Gasteiger charge is -2.04. The highest BCUT2D eigenvalue weighted by Gasteiger charge is 2.15. The van der Waals surface area contributed by atoms with Crippen molar-refractivity contribution in [1.82, 2.24) is 0 Å². The third kappa shape index (κ3) is 4.79. The first-order chi connectivity index (χ1) is 24.6. The van der Waals surface area contributed by atoms with E-state index in [0.717, 1.165) is 56.1 Å². The standard InChI is InChI=1S/C44H28O4S2/c1-45-33-13-17-37-31(19-33)21-39(47-37)27-7-3-25(4-8-27)29-11-15-35-41(23-29)49-44-36-16-12-30(24-42(36)50-43(35)44)26-5-9-28(10-6-26)40-22-32-20-34(46-2)14-18-38(32)48-40/h3-24H,1-2H3. The van der Waals surface area contributed by atoms with Crippen molar-refractivity contribution < 1.29 is 18.3 Å². The van der Waals surface area contributed by atoms with Gasteiger partial charge in [0.2, 0.25) is 0 Å². The molecule has 240 valence electrons. The maximum atomic E-state index is 6.13. The van der Waals surface area contributed by atoms with Gasteiger partial charge in [-0.15, -0.1) is 22.7 Å². The Hall–Kier alpha value is -5.82. The van der Waals surface area contributed by atoms with E-state index in [9.17, 15) is 0 Å². The predicted octanol–water partition coefficient (Wildman–Crippen LogP) is 13.4. The maximum absolute atomic E-state index is 6.13. The van der Waals surface area contributed by atoms with Gasteiger partial charge >= 0.3 is 0 Å². The molecule has 6 aromatic carbocycles. The Kier molecular flexibility index (Phi) is 6.63. The molecule has 0 bridgehead atoms. The largest absolute Gasteiger partial charge is 0.497 e. The summed E-state index contributed by atoms with van der Waals surface area (Å²) in [5.74, 6) is 3.35. The van der Waals surface area contributed by atoms with Gasteiger partial charge in [0.05, 0.1) is 23.6 Å². The zero-order valence-corrected chi connectivity index (χ0v) is 28.8. The van der Waals surface area contributed by atoms with Gasteiger partial charge in [-0.25, -0.2) is 0 Å². The Labute approximate surface area is 295 Å². The summed E-state index contributed by atoms with van der Waals surface area (Å²) in [6.45, 7) is 0. The van der Waals surface area contributed by atoms with E-state index in [1.165, 1.54) is 51.8 Å². The molecule has 6 heteroatoms. The summed E-state index contributed by atoms with van der Waals surface area (Å²) in [4.78, 5) is 0. The summed E-state index contributed by atoms with van der Waals surface area (Å²) in [5, 5.41) is 4.70. The minimum atomic E-state index is 0.825. The Bertz CT molecular complexity index is 2680. The molecule has 4 heterocycles. The monoisotopic (exact) mass is 684 g/mol. The molecule has 0 aliphatic heterocycles. The summed E-state index contributed by atoms with van der Waals surface area (Å²) in [6.07, 6.45) is 0. The van der Waals surface area contributed by atoms with E-state index in [-0.39, 0.29) is 0 Å². The summed E-state index contributed by atoms with van der Waals surface area (Å²) in [6, 6.07) is 46.9. The number of benzene rings is 6. The van der Waals surface area contributed by atoms with Gasteiger partial charge in [0.15, 0.2) is 0 Å². The van der Waals surface area contributed by atoms with E-state index >= 15 is 0 Å². The number of ether oxygens (including phenoxy) is 2. The van der Waals surface area contributed by atoms with Crippen LogP contribution in [-0.4, -0.2) is 14.2 Å². The van der Waals surface area contributed by atoms with Crippen LogP contribution in [0.5, 0.6) is 11.5 Å². The van der Waals surface area contributed by atoms with Gasteiger partial charge in [-0.3, -0.25) is 0 Å². The number of fused-ring (bicyclic) bond motifs is 7. The quantitative estimate of drug-likeness (QED) is 0.175. The van der Waals surface area contributed by atoms with E-state index < -0.39 is 0 Å². The van der Waals surface area contributed by atoms with Crippen LogP contribution in [0.4, 0.5) is 0 Å². The lowest BCUT2D eigenvalue weighted by atomic mass is 10.0. The first kappa shape index (κ1) is 29.1. The van der Waals surface area contributed by atoms with Crippen LogP contribution in [0.2, 0.25) is 0 Å². The fourth-order valence-corrected chi connectivity index (χ4v) is 9.58. The lowest BCUT2D eigenvalue weighted by Crippen LogP contribution is -1.79. The second-order valence-electron chi connectivity index (χ2n) is 12.5. The fraction of sp³-hybridized carbons (Fsp3) is 0.0455. The van der Waals surface area contributed by atoms with Crippen molar-refractivity contribution in [2.24, 2.45) is 0 Å². The van der Waals surface area contributed by atoms with Gasteiger partial charge < -0.3 is 18.3 Å². The predicted molar refractivity (Wildman–Crippen MR) is 209 cm³/mol. The van der Waals surface area contributed by atoms with E-state index in [1.54, 1.807) is 14.2 Å². The summed E-state index contributed by atoms with van der Waals surface area (Å²) in [7, 11) is 3.36. The molecular weight excluding hydrogens is 657 g/mol. The van der Waals surface area contributed by atoms with Crippen molar-refractivity contribution in [3.63, 3.8) is 0 Å². The molecule has 0 aliphatic rings. The number of furan rings is 2. The molecule has 10 rings (SSSR count). The van der Waals surface area contributed by atoms with Crippen LogP contribution in [-0.2, 0) is 0 Å². The van der Waals surface area contributed by atoms with Gasteiger partial charge in [-0.1, -0.05) is 72.8 Å². The van der Waals surface area contributed by atoms with Crippen molar-refractivity contribution in [1.29, 1.82) is 0 Å². The minimum Gasteiger partial charge on any atom is -0.497 e. The zero-order valence-electron chi connectivity index (χ0n) is 27.2. The molecule has 50 heavy (non-hydrogen) atoms. The van der Waals surface area contributed by atoms with E-state index in [4.69, 9.17) is 18.3 Å². The van der Waals surface area contributed by atoms with Gasteiger partial charge in [-0.05, 0) is 82.9 Å². The van der Waals surface area contributed by atoms with Crippen LogP contribution >= 0.6 is 22.7 Å². The van der Waals surface area contributed by atoms with Crippen molar-refractivity contribution in [2.75, 3.05) is 14.2 Å². The summed E-state index contributed by atoms with van der Waals surface area (Å²) < 4.78 is 28.3. The van der Waals surface area contributed by atoms with Gasteiger partial charge in [-0.2, -0.15) is 0 Å². The van der Waals surface area contributed by atoms with Crippen LogP contribution in [0.15, 0.2) is 142 Å². The number of hydrogen-bond acceptors (Lipinski definition) is 6. The van der Waals surface area contributed by atoms with Gasteiger partial charge in [0.25, 0.3) is 0 Å². The van der Waals surface area contributed by atoms with Gasteiger partial charge in [0, 0.05) is 42.1 Å². The van der Waals surface area contributed by atoms with Crippen molar-refractivity contribution in [3.05, 3.63) is 133 Å². The maximum Gasteiger partial charge on any atom is 0.135 e. The van der Waals surface area contributed by atoms with Crippen LogP contribution < -0.4 is 9.47 Å². The molecule has 4 aromatic heterocycles. The van der Waals surface area contributed by atoms with E-state index in [2.05, 4.69) is 97.1 Å². The average Bonchev–Trinajstić information content (AvgIpc) is 3.95. The molecule has 0 aliphatic carbocycles.